The molecule has 18 heavy (non-hydrogen) atoms. The molecule has 0 bridgehead atoms. The van der Waals surface area contributed by atoms with Crippen LogP contribution in [0.25, 0.3) is 0 Å². The summed E-state index contributed by atoms with van der Waals surface area (Å²) in [4.78, 5) is 4.50. The van der Waals surface area contributed by atoms with E-state index in [1.54, 1.807) is 19.2 Å². The molecule has 1 aromatic rings. The molecule has 1 fully saturated rings. The number of nitrogens with two attached hydrogens (primary N) is 1. The SMILES string of the molecule is COc1ccc(Cl)cc1N=C(N)C1CCCCC1. The maximum absolute atomic E-state index is 6.11. The number of hydrogen-bond donors (Lipinski definition) is 1. The van der Waals surface area contributed by atoms with Gasteiger partial charge in [0, 0.05) is 10.9 Å². The highest BCUT2D eigenvalue weighted by atomic mass is 35.5. The average Bonchev–Trinajstić information content (AvgIpc) is 2.40. The number of methoxy groups -OCH3 is 1. The number of benzene rings is 1. The van der Waals surface area contributed by atoms with Gasteiger partial charge in [0.25, 0.3) is 0 Å². The Hall–Kier alpha value is -1.22. The van der Waals surface area contributed by atoms with Crippen molar-refractivity contribution >= 4 is 23.1 Å². The molecular formula is C14H19ClN2O. The van der Waals surface area contributed by atoms with E-state index in [1.165, 1.54) is 19.3 Å². The number of amidine groups is 1. The van der Waals surface area contributed by atoms with E-state index in [2.05, 4.69) is 4.99 Å². The van der Waals surface area contributed by atoms with Gasteiger partial charge in [-0.2, -0.15) is 0 Å². The number of ether oxygens (including phenoxy) is 1. The summed E-state index contributed by atoms with van der Waals surface area (Å²) in [5, 5.41) is 0.644. The van der Waals surface area contributed by atoms with Crippen LogP contribution in [0.2, 0.25) is 5.02 Å². The second-order valence-corrected chi connectivity index (χ2v) is 5.12. The topological polar surface area (TPSA) is 47.6 Å². The van der Waals surface area contributed by atoms with Crippen molar-refractivity contribution in [2.75, 3.05) is 7.11 Å². The van der Waals surface area contributed by atoms with Crippen LogP contribution in [0.4, 0.5) is 5.69 Å². The fourth-order valence-electron chi connectivity index (χ4n) is 2.38. The van der Waals surface area contributed by atoms with Crippen molar-refractivity contribution in [1.29, 1.82) is 0 Å². The monoisotopic (exact) mass is 266 g/mol. The molecule has 0 radical (unpaired) electrons. The van der Waals surface area contributed by atoms with Crippen LogP contribution in [0.1, 0.15) is 32.1 Å². The Morgan fingerprint density at radius 2 is 2.06 bits per heavy atom. The molecule has 0 heterocycles. The van der Waals surface area contributed by atoms with Crippen molar-refractivity contribution in [1.82, 2.24) is 0 Å². The zero-order valence-electron chi connectivity index (χ0n) is 10.7. The maximum atomic E-state index is 6.11. The second-order valence-electron chi connectivity index (χ2n) is 4.69. The Morgan fingerprint density at radius 3 is 2.72 bits per heavy atom. The predicted molar refractivity (Wildman–Crippen MR) is 75.9 cm³/mol. The quantitative estimate of drug-likeness (QED) is 0.666. The molecule has 1 aliphatic rings. The summed E-state index contributed by atoms with van der Waals surface area (Å²) in [5.41, 5.74) is 6.82. The molecule has 0 aromatic heterocycles. The van der Waals surface area contributed by atoms with Crippen LogP contribution in [-0.2, 0) is 0 Å². The van der Waals surface area contributed by atoms with Gasteiger partial charge in [-0.05, 0) is 31.0 Å². The van der Waals surface area contributed by atoms with Gasteiger partial charge >= 0.3 is 0 Å². The van der Waals surface area contributed by atoms with Gasteiger partial charge < -0.3 is 10.5 Å². The number of rotatable bonds is 3. The van der Waals surface area contributed by atoms with E-state index in [4.69, 9.17) is 22.1 Å². The van der Waals surface area contributed by atoms with Crippen molar-refractivity contribution in [2.24, 2.45) is 16.6 Å². The number of nitrogens with zero attached hydrogens (tertiary/aromatic N) is 1. The Balaban J connectivity index is 2.22. The van der Waals surface area contributed by atoms with Gasteiger partial charge in [0.1, 0.15) is 17.3 Å². The van der Waals surface area contributed by atoms with Crippen molar-refractivity contribution in [2.45, 2.75) is 32.1 Å². The summed E-state index contributed by atoms with van der Waals surface area (Å²) in [7, 11) is 1.62. The smallest absolute Gasteiger partial charge is 0.144 e. The molecule has 1 saturated carbocycles. The summed E-state index contributed by atoms with van der Waals surface area (Å²) in [6.07, 6.45) is 6.07. The van der Waals surface area contributed by atoms with E-state index >= 15 is 0 Å². The Labute approximate surface area is 113 Å². The normalized spacial score (nSPS) is 17.8. The third-order valence-corrected chi connectivity index (χ3v) is 3.65. The summed E-state index contributed by atoms with van der Waals surface area (Å²) < 4.78 is 5.27. The van der Waals surface area contributed by atoms with Crippen LogP contribution in [0.5, 0.6) is 5.75 Å². The molecule has 2 rings (SSSR count). The number of hydrogen-bond acceptors (Lipinski definition) is 2. The molecule has 0 spiro atoms. The fraction of sp³-hybridized carbons (Fsp3) is 0.500. The van der Waals surface area contributed by atoms with E-state index in [-0.39, 0.29) is 0 Å². The minimum absolute atomic E-state index is 0.405. The third kappa shape index (κ3) is 3.16. The highest BCUT2D eigenvalue weighted by molar-refractivity contribution is 6.30. The van der Waals surface area contributed by atoms with Crippen LogP contribution in [0.15, 0.2) is 23.2 Å². The Bertz CT molecular complexity index is 439. The van der Waals surface area contributed by atoms with E-state index in [0.717, 1.165) is 12.8 Å². The van der Waals surface area contributed by atoms with Gasteiger partial charge in [-0.15, -0.1) is 0 Å². The summed E-state index contributed by atoms with van der Waals surface area (Å²) in [6, 6.07) is 5.39. The van der Waals surface area contributed by atoms with Crippen LogP contribution in [-0.4, -0.2) is 12.9 Å². The lowest BCUT2D eigenvalue weighted by Crippen LogP contribution is -2.25. The number of aliphatic imine (C=N–C) groups is 1. The summed E-state index contributed by atoms with van der Waals surface area (Å²) in [6.45, 7) is 0. The molecule has 0 aliphatic heterocycles. The minimum Gasteiger partial charge on any atom is -0.494 e. The van der Waals surface area contributed by atoms with Crippen molar-refractivity contribution in [3.8, 4) is 5.75 Å². The van der Waals surface area contributed by atoms with E-state index < -0.39 is 0 Å². The van der Waals surface area contributed by atoms with Crippen LogP contribution in [0.3, 0.4) is 0 Å². The first kappa shape index (κ1) is 13.2. The van der Waals surface area contributed by atoms with Crippen LogP contribution >= 0.6 is 11.6 Å². The van der Waals surface area contributed by atoms with Crippen molar-refractivity contribution < 1.29 is 4.74 Å². The highest BCUT2D eigenvalue weighted by Crippen LogP contribution is 2.32. The van der Waals surface area contributed by atoms with Gasteiger partial charge in [0.15, 0.2) is 0 Å². The van der Waals surface area contributed by atoms with Crippen LogP contribution in [0, 0.1) is 5.92 Å². The lowest BCUT2D eigenvalue weighted by Gasteiger charge is -2.21. The van der Waals surface area contributed by atoms with E-state index in [0.29, 0.717) is 28.2 Å². The molecule has 3 nitrogen and oxygen atoms in total. The van der Waals surface area contributed by atoms with Gasteiger partial charge in [-0.25, -0.2) is 4.99 Å². The third-order valence-electron chi connectivity index (χ3n) is 3.41. The first-order valence-corrected chi connectivity index (χ1v) is 6.76. The highest BCUT2D eigenvalue weighted by Gasteiger charge is 2.17. The minimum atomic E-state index is 0.405. The zero-order chi connectivity index (χ0) is 13.0. The molecule has 0 unspecified atom stereocenters. The first-order chi connectivity index (χ1) is 8.70. The standard InChI is InChI=1S/C14H19ClN2O/c1-18-13-8-7-11(15)9-12(13)17-14(16)10-5-3-2-4-6-10/h7-10H,2-6H2,1H3,(H2,16,17). The molecular weight excluding hydrogens is 248 g/mol. The second kappa shape index (κ2) is 6.10. The van der Waals surface area contributed by atoms with Crippen molar-refractivity contribution in [3.63, 3.8) is 0 Å². The molecule has 1 aliphatic carbocycles. The van der Waals surface area contributed by atoms with E-state index in [9.17, 15) is 0 Å². The first-order valence-electron chi connectivity index (χ1n) is 6.38. The molecule has 2 N–H and O–H groups in total. The molecule has 98 valence electrons. The van der Waals surface area contributed by atoms with Gasteiger partial charge in [0.05, 0.1) is 7.11 Å². The largest absolute Gasteiger partial charge is 0.494 e. The lowest BCUT2D eigenvalue weighted by molar-refractivity contribution is 0.415. The Kier molecular flexibility index (Phi) is 4.48. The molecule has 0 amide bonds. The zero-order valence-corrected chi connectivity index (χ0v) is 11.4. The van der Waals surface area contributed by atoms with Crippen molar-refractivity contribution in [3.05, 3.63) is 23.2 Å². The Morgan fingerprint density at radius 1 is 1.33 bits per heavy atom. The summed E-state index contributed by atoms with van der Waals surface area (Å²) in [5.74, 6) is 1.82. The average molecular weight is 267 g/mol. The maximum Gasteiger partial charge on any atom is 0.144 e. The summed E-state index contributed by atoms with van der Waals surface area (Å²) >= 11 is 5.98. The van der Waals surface area contributed by atoms with Gasteiger partial charge in [-0.3, -0.25) is 0 Å². The lowest BCUT2D eigenvalue weighted by atomic mass is 9.88. The van der Waals surface area contributed by atoms with Crippen LogP contribution < -0.4 is 10.5 Å². The molecule has 0 saturated heterocycles. The molecule has 1 aromatic carbocycles. The van der Waals surface area contributed by atoms with Gasteiger partial charge in [-0.1, -0.05) is 30.9 Å². The predicted octanol–water partition coefficient (Wildman–Crippen LogP) is 3.92. The molecule has 0 atom stereocenters. The van der Waals surface area contributed by atoms with Gasteiger partial charge in [0.2, 0.25) is 0 Å². The fourth-order valence-corrected chi connectivity index (χ4v) is 2.55. The number of halogens is 1. The van der Waals surface area contributed by atoms with E-state index in [1.807, 2.05) is 6.07 Å². The molecule has 4 heteroatoms.